The number of nitrogens with zero attached hydrogens (tertiary/aromatic N) is 1. The molecule has 1 amide bonds. The van der Waals surface area contributed by atoms with E-state index in [2.05, 4.69) is 20.8 Å². The zero-order valence-corrected chi connectivity index (χ0v) is 10.4. The van der Waals surface area contributed by atoms with Gasteiger partial charge in [-0.3, -0.25) is 4.79 Å². The number of carbonyl (C=O) groups is 1. The summed E-state index contributed by atoms with van der Waals surface area (Å²) < 4.78 is 0. The van der Waals surface area contributed by atoms with E-state index >= 15 is 0 Å². The summed E-state index contributed by atoms with van der Waals surface area (Å²) in [5, 5.41) is 0. The van der Waals surface area contributed by atoms with Gasteiger partial charge in [0.15, 0.2) is 0 Å². The van der Waals surface area contributed by atoms with Gasteiger partial charge >= 0.3 is 0 Å². The van der Waals surface area contributed by atoms with Gasteiger partial charge in [-0.05, 0) is 31.9 Å². The van der Waals surface area contributed by atoms with Gasteiger partial charge in [0.05, 0.1) is 0 Å². The Bertz CT molecular complexity index is 321. The summed E-state index contributed by atoms with van der Waals surface area (Å²) in [6, 6.07) is 9.83. The molecule has 0 fully saturated rings. The molecule has 2 heteroatoms. The predicted molar refractivity (Wildman–Crippen MR) is 67.5 cm³/mol. The van der Waals surface area contributed by atoms with E-state index in [0.29, 0.717) is 6.04 Å². The van der Waals surface area contributed by atoms with E-state index in [4.69, 9.17) is 0 Å². The average molecular weight is 219 g/mol. The lowest BCUT2D eigenvalue weighted by atomic mass is 10.1. The van der Waals surface area contributed by atoms with Crippen LogP contribution >= 0.6 is 0 Å². The van der Waals surface area contributed by atoms with E-state index in [1.165, 1.54) is 0 Å². The number of rotatable bonds is 5. The van der Waals surface area contributed by atoms with Crippen molar-refractivity contribution in [3.8, 4) is 0 Å². The normalized spacial score (nSPS) is 12.2. The van der Waals surface area contributed by atoms with E-state index in [1.807, 2.05) is 35.2 Å². The van der Waals surface area contributed by atoms with Crippen LogP contribution in [0.3, 0.4) is 0 Å². The third-order valence-electron chi connectivity index (χ3n) is 2.87. The Kier molecular flexibility index (Phi) is 5.03. The molecule has 0 aromatic heterocycles. The van der Waals surface area contributed by atoms with Crippen LogP contribution in [0.1, 0.15) is 44.0 Å². The maximum Gasteiger partial charge on any atom is 0.254 e. The Balaban J connectivity index is 2.83. The minimum atomic E-state index is 0.150. The van der Waals surface area contributed by atoms with E-state index < -0.39 is 0 Å². The minimum Gasteiger partial charge on any atom is -0.336 e. The molecule has 0 aliphatic heterocycles. The standard InChI is InChI=1S/C14H21NO/c1-4-11-15(12(3)5-2)14(16)13-9-7-6-8-10-13/h6-10,12H,4-5,11H2,1-3H3. The molecule has 0 N–H and O–H groups in total. The fraction of sp³-hybridized carbons (Fsp3) is 0.500. The molecule has 0 aliphatic carbocycles. The summed E-state index contributed by atoms with van der Waals surface area (Å²) >= 11 is 0. The maximum absolute atomic E-state index is 12.3. The van der Waals surface area contributed by atoms with E-state index in [9.17, 15) is 4.79 Å². The van der Waals surface area contributed by atoms with Crippen molar-refractivity contribution in [3.63, 3.8) is 0 Å². The second-order valence-corrected chi connectivity index (χ2v) is 4.12. The Morgan fingerprint density at radius 1 is 1.25 bits per heavy atom. The van der Waals surface area contributed by atoms with Crippen molar-refractivity contribution in [2.75, 3.05) is 6.54 Å². The van der Waals surface area contributed by atoms with Crippen molar-refractivity contribution in [1.29, 1.82) is 0 Å². The van der Waals surface area contributed by atoms with Crippen molar-refractivity contribution in [2.24, 2.45) is 0 Å². The minimum absolute atomic E-state index is 0.150. The Hall–Kier alpha value is -1.31. The van der Waals surface area contributed by atoms with Gasteiger partial charge in [-0.25, -0.2) is 0 Å². The number of hydrogen-bond donors (Lipinski definition) is 0. The molecule has 0 aliphatic rings. The molecule has 1 rings (SSSR count). The van der Waals surface area contributed by atoms with Gasteiger partial charge < -0.3 is 4.90 Å². The second-order valence-electron chi connectivity index (χ2n) is 4.12. The Morgan fingerprint density at radius 2 is 1.88 bits per heavy atom. The third-order valence-corrected chi connectivity index (χ3v) is 2.87. The fourth-order valence-electron chi connectivity index (χ4n) is 1.73. The highest BCUT2D eigenvalue weighted by molar-refractivity contribution is 5.94. The zero-order chi connectivity index (χ0) is 12.0. The lowest BCUT2D eigenvalue weighted by Gasteiger charge is -2.28. The van der Waals surface area contributed by atoms with Crippen LogP contribution in [-0.4, -0.2) is 23.4 Å². The maximum atomic E-state index is 12.3. The van der Waals surface area contributed by atoms with Crippen molar-refractivity contribution >= 4 is 5.91 Å². The number of benzene rings is 1. The lowest BCUT2D eigenvalue weighted by molar-refractivity contribution is 0.0688. The third kappa shape index (κ3) is 3.09. The van der Waals surface area contributed by atoms with Crippen LogP contribution in [0.4, 0.5) is 0 Å². The van der Waals surface area contributed by atoms with E-state index in [0.717, 1.165) is 24.9 Å². The molecule has 1 aromatic carbocycles. The van der Waals surface area contributed by atoms with Crippen molar-refractivity contribution in [2.45, 2.75) is 39.7 Å². The zero-order valence-electron chi connectivity index (χ0n) is 10.4. The quantitative estimate of drug-likeness (QED) is 0.743. The first kappa shape index (κ1) is 12.8. The molecule has 0 spiro atoms. The van der Waals surface area contributed by atoms with Crippen molar-refractivity contribution < 1.29 is 4.79 Å². The Morgan fingerprint density at radius 3 is 2.38 bits per heavy atom. The number of carbonyl (C=O) groups excluding carboxylic acids is 1. The second kappa shape index (κ2) is 6.31. The highest BCUT2D eigenvalue weighted by atomic mass is 16.2. The van der Waals surface area contributed by atoms with Crippen LogP contribution in [-0.2, 0) is 0 Å². The highest BCUT2D eigenvalue weighted by Crippen LogP contribution is 2.11. The summed E-state index contributed by atoms with van der Waals surface area (Å²) in [5.41, 5.74) is 0.788. The van der Waals surface area contributed by atoms with Gasteiger partial charge in [0.1, 0.15) is 0 Å². The van der Waals surface area contributed by atoms with Crippen LogP contribution in [0.2, 0.25) is 0 Å². The van der Waals surface area contributed by atoms with E-state index in [1.54, 1.807) is 0 Å². The highest BCUT2D eigenvalue weighted by Gasteiger charge is 2.18. The molecular formula is C14H21NO. The van der Waals surface area contributed by atoms with Gasteiger partial charge in [0.2, 0.25) is 0 Å². The summed E-state index contributed by atoms with van der Waals surface area (Å²) in [6.45, 7) is 7.17. The molecule has 1 aromatic rings. The molecule has 0 bridgehead atoms. The van der Waals surface area contributed by atoms with Crippen molar-refractivity contribution in [3.05, 3.63) is 35.9 Å². The first-order valence-corrected chi connectivity index (χ1v) is 6.06. The van der Waals surface area contributed by atoms with Crippen molar-refractivity contribution in [1.82, 2.24) is 4.90 Å². The molecule has 1 unspecified atom stereocenters. The number of amides is 1. The van der Waals surface area contributed by atoms with Gasteiger partial charge in [-0.15, -0.1) is 0 Å². The first-order valence-electron chi connectivity index (χ1n) is 6.06. The molecule has 0 saturated heterocycles. The lowest BCUT2D eigenvalue weighted by Crippen LogP contribution is -2.38. The van der Waals surface area contributed by atoms with Gasteiger partial charge in [-0.2, -0.15) is 0 Å². The first-order chi connectivity index (χ1) is 7.70. The van der Waals surface area contributed by atoms with Crippen LogP contribution in [0, 0.1) is 0 Å². The predicted octanol–water partition coefficient (Wildman–Crippen LogP) is 3.34. The van der Waals surface area contributed by atoms with E-state index in [-0.39, 0.29) is 5.91 Å². The monoisotopic (exact) mass is 219 g/mol. The van der Waals surface area contributed by atoms with Gasteiger partial charge in [0.25, 0.3) is 5.91 Å². The summed E-state index contributed by atoms with van der Waals surface area (Å²) in [7, 11) is 0. The molecule has 16 heavy (non-hydrogen) atoms. The van der Waals surface area contributed by atoms with Gasteiger partial charge in [0, 0.05) is 18.2 Å². The summed E-state index contributed by atoms with van der Waals surface area (Å²) in [5.74, 6) is 0.150. The summed E-state index contributed by atoms with van der Waals surface area (Å²) in [6.07, 6.45) is 2.00. The molecule has 0 saturated carbocycles. The Labute approximate surface area is 98.3 Å². The largest absolute Gasteiger partial charge is 0.336 e. The molecule has 88 valence electrons. The topological polar surface area (TPSA) is 20.3 Å². The molecule has 1 atom stereocenters. The van der Waals surface area contributed by atoms with Crippen LogP contribution in [0.25, 0.3) is 0 Å². The van der Waals surface area contributed by atoms with Crippen LogP contribution in [0.15, 0.2) is 30.3 Å². The molecule has 0 radical (unpaired) electrons. The van der Waals surface area contributed by atoms with Crippen LogP contribution < -0.4 is 0 Å². The smallest absolute Gasteiger partial charge is 0.254 e. The molecular weight excluding hydrogens is 198 g/mol. The molecule has 2 nitrogen and oxygen atoms in total. The molecule has 0 heterocycles. The van der Waals surface area contributed by atoms with Crippen LogP contribution in [0.5, 0.6) is 0 Å². The summed E-state index contributed by atoms with van der Waals surface area (Å²) in [4.78, 5) is 14.2. The van der Waals surface area contributed by atoms with Gasteiger partial charge in [-0.1, -0.05) is 32.0 Å². The SMILES string of the molecule is CCCN(C(=O)c1ccccc1)C(C)CC. The fourth-order valence-corrected chi connectivity index (χ4v) is 1.73. The number of hydrogen-bond acceptors (Lipinski definition) is 1. The average Bonchev–Trinajstić information content (AvgIpc) is 2.35.